The number of carbonyl (C=O) groups is 1. The number of hydrogen-bond acceptors (Lipinski definition) is 3. The summed E-state index contributed by atoms with van der Waals surface area (Å²) in [5.41, 5.74) is 6.24. The molecular formula is C28H32N2O3. The van der Waals surface area contributed by atoms with Crippen LogP contribution in [0.4, 0.5) is 0 Å². The average Bonchev–Trinajstić information content (AvgIpc) is 3.62. The molecule has 2 aliphatic rings. The molecule has 0 spiro atoms. The van der Waals surface area contributed by atoms with Crippen molar-refractivity contribution in [1.82, 2.24) is 9.78 Å². The summed E-state index contributed by atoms with van der Waals surface area (Å²) in [6, 6.07) is 21.3. The Balaban J connectivity index is 1.38. The lowest BCUT2D eigenvalue weighted by Crippen LogP contribution is -2.23. The summed E-state index contributed by atoms with van der Waals surface area (Å²) in [6.07, 6.45) is 6.97. The third-order valence-electron chi connectivity index (χ3n) is 7.04. The predicted octanol–water partition coefficient (Wildman–Crippen LogP) is 6.00. The van der Waals surface area contributed by atoms with E-state index in [1.165, 1.54) is 35.2 Å². The van der Waals surface area contributed by atoms with Crippen LogP contribution in [0.5, 0.6) is 0 Å². The lowest BCUT2D eigenvalue weighted by atomic mass is 9.82. The van der Waals surface area contributed by atoms with Gasteiger partial charge in [-0.1, -0.05) is 60.7 Å². The van der Waals surface area contributed by atoms with Crippen molar-refractivity contribution >= 4 is 5.97 Å². The normalized spacial score (nSPS) is 20.6. The summed E-state index contributed by atoms with van der Waals surface area (Å²) in [4.78, 5) is 10.7. The van der Waals surface area contributed by atoms with Crippen LogP contribution in [-0.2, 0) is 16.1 Å². The molecule has 1 N–H and O–H groups in total. The van der Waals surface area contributed by atoms with Crippen molar-refractivity contribution in [3.05, 3.63) is 66.4 Å². The van der Waals surface area contributed by atoms with Gasteiger partial charge in [-0.2, -0.15) is 5.10 Å². The van der Waals surface area contributed by atoms with Gasteiger partial charge >= 0.3 is 5.97 Å². The number of aliphatic carboxylic acids is 1. The second-order valence-electron chi connectivity index (χ2n) is 9.59. The Labute approximate surface area is 195 Å². The fraction of sp³-hybridized carbons (Fsp3) is 0.429. The molecule has 0 bridgehead atoms. The van der Waals surface area contributed by atoms with Gasteiger partial charge in [0, 0.05) is 29.3 Å². The summed E-state index contributed by atoms with van der Waals surface area (Å²) in [5.74, 6) is 0.788. The summed E-state index contributed by atoms with van der Waals surface area (Å²) < 4.78 is 7.67. The van der Waals surface area contributed by atoms with Gasteiger partial charge in [0.15, 0.2) is 0 Å². The summed E-state index contributed by atoms with van der Waals surface area (Å²) in [7, 11) is 0. The second kappa shape index (κ2) is 9.92. The van der Waals surface area contributed by atoms with E-state index < -0.39 is 5.97 Å². The Morgan fingerprint density at radius 1 is 0.879 bits per heavy atom. The van der Waals surface area contributed by atoms with Crippen molar-refractivity contribution in [3.8, 4) is 22.4 Å². The standard InChI is InChI=1S/C28H32N2O3/c31-25(32)19-33-18-21-13-11-20(12-14-21)17-30-28(24-15-16-24)26(22-7-3-1-4-8-22)27(29-30)23-9-5-2-6-10-23/h1-10,20-21,24H,11-19H2,(H,31,32)/t20-,21-. The van der Waals surface area contributed by atoms with E-state index in [2.05, 4.69) is 65.3 Å². The highest BCUT2D eigenvalue weighted by atomic mass is 16.5. The number of carboxylic acids is 1. The van der Waals surface area contributed by atoms with E-state index in [9.17, 15) is 4.79 Å². The number of nitrogens with zero attached hydrogens (tertiary/aromatic N) is 2. The molecule has 5 heteroatoms. The topological polar surface area (TPSA) is 64.3 Å². The Morgan fingerprint density at radius 3 is 2.09 bits per heavy atom. The molecule has 0 saturated heterocycles. The number of aromatic nitrogens is 2. The zero-order valence-electron chi connectivity index (χ0n) is 19.0. The first kappa shape index (κ1) is 21.9. The second-order valence-corrected chi connectivity index (χ2v) is 9.59. The highest BCUT2D eigenvalue weighted by Crippen LogP contribution is 2.48. The lowest BCUT2D eigenvalue weighted by Gasteiger charge is -2.28. The zero-order chi connectivity index (χ0) is 22.6. The van der Waals surface area contributed by atoms with Crippen LogP contribution >= 0.6 is 0 Å². The van der Waals surface area contributed by atoms with Crippen LogP contribution in [-0.4, -0.2) is 34.1 Å². The van der Waals surface area contributed by atoms with Gasteiger partial charge in [-0.05, 0) is 55.9 Å². The monoisotopic (exact) mass is 444 g/mol. The molecular weight excluding hydrogens is 412 g/mol. The van der Waals surface area contributed by atoms with Crippen LogP contribution in [0.15, 0.2) is 60.7 Å². The van der Waals surface area contributed by atoms with E-state index in [4.69, 9.17) is 14.9 Å². The Hall–Kier alpha value is -2.92. The molecule has 0 aliphatic heterocycles. The molecule has 0 unspecified atom stereocenters. The molecule has 5 nitrogen and oxygen atoms in total. The smallest absolute Gasteiger partial charge is 0.329 e. The zero-order valence-corrected chi connectivity index (χ0v) is 19.0. The molecule has 0 radical (unpaired) electrons. The first-order valence-electron chi connectivity index (χ1n) is 12.2. The quantitative estimate of drug-likeness (QED) is 0.439. The molecule has 1 heterocycles. The van der Waals surface area contributed by atoms with Crippen LogP contribution in [0.1, 0.15) is 50.1 Å². The minimum Gasteiger partial charge on any atom is -0.480 e. The molecule has 33 heavy (non-hydrogen) atoms. The highest BCUT2D eigenvalue weighted by Gasteiger charge is 2.34. The number of ether oxygens (including phenoxy) is 1. The van der Waals surface area contributed by atoms with E-state index in [1.54, 1.807) is 0 Å². The van der Waals surface area contributed by atoms with Crippen molar-refractivity contribution in [2.45, 2.75) is 51.0 Å². The molecule has 172 valence electrons. The fourth-order valence-corrected chi connectivity index (χ4v) is 5.21. The van der Waals surface area contributed by atoms with Crippen LogP contribution in [0, 0.1) is 11.8 Å². The molecule has 2 fully saturated rings. The highest BCUT2D eigenvalue weighted by molar-refractivity contribution is 5.83. The molecule has 2 saturated carbocycles. The number of benzene rings is 2. The van der Waals surface area contributed by atoms with Crippen LogP contribution in [0.3, 0.4) is 0 Å². The van der Waals surface area contributed by atoms with Crippen molar-refractivity contribution in [3.63, 3.8) is 0 Å². The number of carboxylic acid groups (broad SMARTS) is 1. The molecule has 0 amide bonds. The van der Waals surface area contributed by atoms with Gasteiger partial charge in [0.25, 0.3) is 0 Å². The van der Waals surface area contributed by atoms with E-state index in [0.29, 0.717) is 24.4 Å². The van der Waals surface area contributed by atoms with Crippen molar-refractivity contribution < 1.29 is 14.6 Å². The van der Waals surface area contributed by atoms with Gasteiger partial charge in [-0.15, -0.1) is 0 Å². The fourth-order valence-electron chi connectivity index (χ4n) is 5.21. The van der Waals surface area contributed by atoms with Crippen LogP contribution in [0.25, 0.3) is 22.4 Å². The van der Waals surface area contributed by atoms with E-state index >= 15 is 0 Å². The summed E-state index contributed by atoms with van der Waals surface area (Å²) in [5, 5.41) is 14.0. The maximum absolute atomic E-state index is 10.7. The Morgan fingerprint density at radius 2 is 1.48 bits per heavy atom. The number of hydrogen-bond donors (Lipinski definition) is 1. The van der Waals surface area contributed by atoms with E-state index in [1.807, 2.05) is 0 Å². The third kappa shape index (κ3) is 5.19. The van der Waals surface area contributed by atoms with Gasteiger partial charge in [0.1, 0.15) is 12.3 Å². The van der Waals surface area contributed by atoms with Gasteiger partial charge in [-0.25, -0.2) is 4.79 Å². The average molecular weight is 445 g/mol. The maximum Gasteiger partial charge on any atom is 0.329 e. The molecule has 2 aromatic carbocycles. The first-order chi connectivity index (χ1) is 16.2. The molecule has 2 aliphatic carbocycles. The predicted molar refractivity (Wildman–Crippen MR) is 129 cm³/mol. The van der Waals surface area contributed by atoms with Gasteiger partial charge in [0.2, 0.25) is 0 Å². The molecule has 1 aromatic heterocycles. The summed E-state index contributed by atoms with van der Waals surface area (Å²) in [6.45, 7) is 1.33. The van der Waals surface area contributed by atoms with Crippen molar-refractivity contribution in [1.29, 1.82) is 0 Å². The first-order valence-corrected chi connectivity index (χ1v) is 12.2. The van der Waals surface area contributed by atoms with Gasteiger partial charge < -0.3 is 9.84 Å². The molecule has 0 atom stereocenters. The van der Waals surface area contributed by atoms with Crippen LogP contribution < -0.4 is 0 Å². The lowest BCUT2D eigenvalue weighted by molar-refractivity contribution is -0.142. The Bertz CT molecular complexity index is 1070. The SMILES string of the molecule is O=C(O)COC[C@H]1CC[C@H](Cn2nc(-c3ccccc3)c(-c3ccccc3)c2C2CC2)CC1. The summed E-state index contributed by atoms with van der Waals surface area (Å²) >= 11 is 0. The minimum atomic E-state index is -0.890. The van der Waals surface area contributed by atoms with E-state index in [-0.39, 0.29) is 6.61 Å². The molecule has 5 rings (SSSR count). The molecule has 3 aromatic rings. The maximum atomic E-state index is 10.7. The van der Waals surface area contributed by atoms with Gasteiger partial charge in [-0.3, -0.25) is 4.68 Å². The third-order valence-corrected chi connectivity index (χ3v) is 7.04. The van der Waals surface area contributed by atoms with E-state index in [0.717, 1.165) is 37.9 Å². The van der Waals surface area contributed by atoms with Gasteiger partial charge in [0.05, 0.1) is 6.61 Å². The van der Waals surface area contributed by atoms with Crippen molar-refractivity contribution in [2.75, 3.05) is 13.2 Å². The largest absolute Gasteiger partial charge is 0.480 e. The van der Waals surface area contributed by atoms with Crippen molar-refractivity contribution in [2.24, 2.45) is 11.8 Å². The Kier molecular flexibility index (Phi) is 6.58. The number of rotatable bonds is 9. The minimum absolute atomic E-state index is 0.192. The van der Waals surface area contributed by atoms with Crippen LogP contribution in [0.2, 0.25) is 0 Å².